The van der Waals surface area contributed by atoms with Crippen LogP contribution in [-0.2, 0) is 36.7 Å². The second-order valence-corrected chi connectivity index (χ2v) is 7.40. The molecule has 4 unspecified atom stereocenters. The minimum atomic E-state index is -3.79. The van der Waals surface area contributed by atoms with E-state index in [4.69, 9.17) is 19.3 Å². The summed E-state index contributed by atoms with van der Waals surface area (Å²) in [5.41, 5.74) is 0. The summed E-state index contributed by atoms with van der Waals surface area (Å²) in [7, 11) is -7.59. The largest absolute Gasteiger partial charge is 0.472 e. The van der Waals surface area contributed by atoms with Gasteiger partial charge >= 0.3 is 15.6 Å². The van der Waals surface area contributed by atoms with Gasteiger partial charge in [0.25, 0.3) is 0 Å². The smallest absolute Gasteiger partial charge is 0.412 e. The first-order valence-electron chi connectivity index (χ1n) is 6.67. The molecule has 2 saturated heterocycles. The van der Waals surface area contributed by atoms with Gasteiger partial charge in [-0.3, -0.25) is 18.1 Å². The number of hydrogen-bond donors (Lipinski definition) is 2. The topological polar surface area (TPSA) is 161 Å². The Morgan fingerprint density at radius 1 is 0.783 bits per heavy atom. The zero-order chi connectivity index (χ0) is 16.6. The highest BCUT2D eigenvalue weighted by atomic mass is 31.2. The SMILES string of the molecule is CC1COCCOP(=O)(O)O1.CC1COCCOP(=O)(O)O1.O. The molecule has 0 aliphatic carbocycles. The van der Waals surface area contributed by atoms with Crippen molar-refractivity contribution in [1.82, 2.24) is 0 Å². The summed E-state index contributed by atoms with van der Waals surface area (Å²) in [6.07, 6.45) is -0.794. The van der Waals surface area contributed by atoms with E-state index in [0.29, 0.717) is 26.4 Å². The maximum Gasteiger partial charge on any atom is 0.472 e. The summed E-state index contributed by atoms with van der Waals surface area (Å²) in [5.74, 6) is 0. The Kier molecular flexibility index (Phi) is 10.9. The predicted molar refractivity (Wildman–Crippen MR) is 77.9 cm³/mol. The Hall–Kier alpha value is 0.1000. The Bertz CT molecular complexity index is 380. The maximum atomic E-state index is 10.9. The molecule has 11 nitrogen and oxygen atoms in total. The first-order chi connectivity index (χ1) is 10.2. The monoisotopic (exact) mass is 382 g/mol. The lowest BCUT2D eigenvalue weighted by molar-refractivity contribution is -0.00718. The maximum absolute atomic E-state index is 10.9. The molecule has 140 valence electrons. The van der Waals surface area contributed by atoms with Crippen LogP contribution in [0.15, 0.2) is 0 Å². The van der Waals surface area contributed by atoms with Crippen molar-refractivity contribution in [2.75, 3.05) is 39.6 Å². The zero-order valence-electron chi connectivity index (χ0n) is 13.0. The average molecular weight is 382 g/mol. The molecule has 2 aliphatic heterocycles. The number of hydrogen-bond acceptors (Lipinski definition) is 8. The van der Waals surface area contributed by atoms with E-state index in [1.807, 2.05) is 0 Å². The molecule has 2 aliphatic rings. The van der Waals surface area contributed by atoms with Gasteiger partial charge in [-0.25, -0.2) is 9.13 Å². The lowest BCUT2D eigenvalue weighted by atomic mass is 10.4. The van der Waals surface area contributed by atoms with E-state index in [0.717, 1.165) is 0 Å². The van der Waals surface area contributed by atoms with Crippen LogP contribution in [0.2, 0.25) is 0 Å². The number of phosphoric acid groups is 2. The van der Waals surface area contributed by atoms with E-state index >= 15 is 0 Å². The van der Waals surface area contributed by atoms with Crippen LogP contribution in [-0.4, -0.2) is 67.1 Å². The molecular formula is C10H24O11P2. The highest BCUT2D eigenvalue weighted by Gasteiger charge is 2.26. The third-order valence-electron chi connectivity index (χ3n) is 2.30. The summed E-state index contributed by atoms with van der Waals surface area (Å²) in [6.45, 7) is 4.81. The summed E-state index contributed by atoms with van der Waals surface area (Å²) in [6, 6.07) is 0. The highest BCUT2D eigenvalue weighted by molar-refractivity contribution is 7.47. The van der Waals surface area contributed by atoms with Crippen LogP contribution in [0.1, 0.15) is 13.8 Å². The summed E-state index contributed by atoms with van der Waals surface area (Å²) in [5, 5.41) is 0. The minimum absolute atomic E-state index is 0. The van der Waals surface area contributed by atoms with E-state index < -0.39 is 27.9 Å². The normalized spacial score (nSPS) is 39.3. The van der Waals surface area contributed by atoms with Gasteiger partial charge in [-0.15, -0.1) is 0 Å². The molecule has 4 N–H and O–H groups in total. The molecule has 0 bridgehead atoms. The van der Waals surface area contributed by atoms with Gasteiger partial charge in [0, 0.05) is 0 Å². The van der Waals surface area contributed by atoms with E-state index in [1.54, 1.807) is 13.8 Å². The lowest BCUT2D eigenvalue weighted by Gasteiger charge is -2.20. The van der Waals surface area contributed by atoms with Gasteiger partial charge in [-0.2, -0.15) is 0 Å². The highest BCUT2D eigenvalue weighted by Crippen LogP contribution is 2.45. The van der Waals surface area contributed by atoms with Crippen LogP contribution in [0.5, 0.6) is 0 Å². The van der Waals surface area contributed by atoms with E-state index in [9.17, 15) is 9.13 Å². The first-order valence-corrected chi connectivity index (χ1v) is 9.66. The van der Waals surface area contributed by atoms with Crippen molar-refractivity contribution in [2.24, 2.45) is 0 Å². The van der Waals surface area contributed by atoms with Crippen LogP contribution in [0.3, 0.4) is 0 Å². The van der Waals surface area contributed by atoms with Crippen molar-refractivity contribution in [3.8, 4) is 0 Å². The Balaban J connectivity index is 0.000000403. The summed E-state index contributed by atoms with van der Waals surface area (Å²) < 4.78 is 50.0. The fraction of sp³-hybridized carbons (Fsp3) is 1.00. The first kappa shape index (κ1) is 23.1. The van der Waals surface area contributed by atoms with Gasteiger partial charge in [-0.1, -0.05) is 0 Å². The number of rotatable bonds is 0. The Morgan fingerprint density at radius 2 is 1.13 bits per heavy atom. The molecule has 0 saturated carbocycles. The molecule has 0 aromatic carbocycles. The second kappa shape index (κ2) is 10.9. The molecule has 23 heavy (non-hydrogen) atoms. The van der Waals surface area contributed by atoms with Gasteiger partial charge in [0.1, 0.15) is 0 Å². The molecular weight excluding hydrogens is 358 g/mol. The second-order valence-electron chi connectivity index (χ2n) is 4.59. The molecule has 0 radical (unpaired) electrons. The molecule has 2 heterocycles. The van der Waals surface area contributed by atoms with Gasteiger partial charge in [-0.05, 0) is 13.8 Å². The Morgan fingerprint density at radius 3 is 1.48 bits per heavy atom. The molecule has 13 heteroatoms. The van der Waals surface area contributed by atoms with Crippen LogP contribution in [0.4, 0.5) is 0 Å². The summed E-state index contributed by atoms with van der Waals surface area (Å²) >= 11 is 0. The molecule has 0 amide bonds. The Labute approximate surface area is 134 Å². The van der Waals surface area contributed by atoms with Gasteiger partial charge in [0.05, 0.1) is 51.8 Å². The average Bonchev–Trinajstić information content (AvgIpc) is 2.33. The van der Waals surface area contributed by atoms with Crippen molar-refractivity contribution >= 4 is 15.6 Å². The molecule has 2 rings (SSSR count). The molecule has 0 aromatic heterocycles. The van der Waals surface area contributed by atoms with Crippen LogP contribution in [0.25, 0.3) is 0 Å². The van der Waals surface area contributed by atoms with Crippen LogP contribution < -0.4 is 0 Å². The minimum Gasteiger partial charge on any atom is -0.412 e. The zero-order valence-corrected chi connectivity index (χ0v) is 14.7. The van der Waals surface area contributed by atoms with Crippen molar-refractivity contribution < 1.29 is 52.0 Å². The van der Waals surface area contributed by atoms with Crippen molar-refractivity contribution in [3.05, 3.63) is 0 Å². The predicted octanol–water partition coefficient (Wildman–Crippen LogP) is 0.253. The van der Waals surface area contributed by atoms with Gasteiger partial charge < -0.3 is 24.7 Å². The van der Waals surface area contributed by atoms with E-state index in [-0.39, 0.29) is 18.7 Å². The van der Waals surface area contributed by atoms with Crippen molar-refractivity contribution in [2.45, 2.75) is 26.1 Å². The van der Waals surface area contributed by atoms with Gasteiger partial charge in [0.15, 0.2) is 0 Å². The fourth-order valence-corrected chi connectivity index (χ4v) is 3.26. The standard InChI is InChI=1S/2C5H11O5P.H2O/c2*1-5-4-8-2-3-9-11(6,7)10-5;/h2*5H,2-4H2,1H3,(H,6,7);1H2. The quantitative estimate of drug-likeness (QED) is 0.556. The van der Waals surface area contributed by atoms with E-state index in [1.165, 1.54) is 0 Å². The van der Waals surface area contributed by atoms with Gasteiger partial charge in [0.2, 0.25) is 0 Å². The number of phosphoric ester groups is 2. The summed E-state index contributed by atoms with van der Waals surface area (Å²) in [4.78, 5) is 17.8. The van der Waals surface area contributed by atoms with E-state index in [2.05, 4.69) is 18.1 Å². The lowest BCUT2D eigenvalue weighted by Crippen LogP contribution is -2.20. The van der Waals surface area contributed by atoms with Crippen molar-refractivity contribution in [1.29, 1.82) is 0 Å². The molecule has 0 aromatic rings. The molecule has 2 fully saturated rings. The molecule has 4 atom stereocenters. The van der Waals surface area contributed by atoms with Crippen molar-refractivity contribution in [3.63, 3.8) is 0 Å². The molecule has 0 spiro atoms. The third-order valence-corrected chi connectivity index (χ3v) is 4.57. The third kappa shape index (κ3) is 11.3. The fourth-order valence-electron chi connectivity index (χ4n) is 1.50. The number of ether oxygens (including phenoxy) is 2. The van der Waals surface area contributed by atoms with Crippen LogP contribution >= 0.6 is 15.6 Å². The van der Waals surface area contributed by atoms with Crippen LogP contribution in [0, 0.1) is 0 Å².